The van der Waals surface area contributed by atoms with Crippen LogP contribution in [-0.2, 0) is 22.6 Å². The number of Topliss-reactive ketones (excluding diaryl/α,β-unsaturated/α-hetero) is 1. The Balaban J connectivity index is 1.35. The molecule has 0 unspecified atom stereocenters. The number of aryl methyl sites for hydroxylation is 1. The van der Waals surface area contributed by atoms with Gasteiger partial charge in [0.05, 0.1) is 25.9 Å². The number of carbonyl (C=O) groups is 1. The van der Waals surface area contributed by atoms with E-state index < -0.39 is 0 Å². The molecule has 1 fully saturated rings. The predicted molar refractivity (Wildman–Crippen MR) is 140 cm³/mol. The fraction of sp³-hybridized carbons (Fsp3) is 0.387. The van der Waals surface area contributed by atoms with Crippen molar-refractivity contribution in [2.75, 3.05) is 7.11 Å². The smallest absolute Gasteiger partial charge is 0.129 e. The number of ketones is 1. The van der Waals surface area contributed by atoms with Gasteiger partial charge >= 0.3 is 0 Å². The summed E-state index contributed by atoms with van der Waals surface area (Å²) in [6.07, 6.45) is 6.24. The molecule has 1 aliphatic rings. The van der Waals surface area contributed by atoms with Crippen molar-refractivity contribution in [1.29, 1.82) is 0 Å². The molecule has 190 valence electrons. The fourth-order valence-corrected chi connectivity index (χ4v) is 4.74. The molecule has 1 aliphatic carbocycles. The minimum Gasteiger partial charge on any atom is -0.497 e. The summed E-state index contributed by atoms with van der Waals surface area (Å²) in [7, 11) is 1.67. The van der Waals surface area contributed by atoms with Gasteiger partial charge in [0.2, 0.25) is 0 Å². The van der Waals surface area contributed by atoms with Crippen molar-refractivity contribution in [3.8, 4) is 22.6 Å². The first-order valence-electron chi connectivity index (χ1n) is 12.8. The summed E-state index contributed by atoms with van der Waals surface area (Å²) in [6.45, 7) is 2.21. The van der Waals surface area contributed by atoms with Crippen LogP contribution < -0.4 is 9.47 Å². The van der Waals surface area contributed by atoms with Crippen molar-refractivity contribution >= 4 is 5.78 Å². The van der Waals surface area contributed by atoms with Crippen LogP contribution >= 0.6 is 0 Å². The maximum Gasteiger partial charge on any atom is 0.129 e. The maximum atomic E-state index is 14.0. The molecule has 0 bridgehead atoms. The lowest BCUT2D eigenvalue weighted by Gasteiger charge is -2.29. The van der Waals surface area contributed by atoms with Gasteiger partial charge in [-0.1, -0.05) is 30.3 Å². The molecule has 0 atom stereocenters. The normalized spacial score (nSPS) is 17.5. The summed E-state index contributed by atoms with van der Waals surface area (Å²) in [5.41, 5.74) is 4.04. The number of benzene rings is 3. The Hall–Kier alpha value is -3.18. The summed E-state index contributed by atoms with van der Waals surface area (Å²) >= 11 is 0. The molecule has 0 amide bonds. The van der Waals surface area contributed by atoms with Crippen LogP contribution in [-0.4, -0.2) is 25.1 Å². The number of methoxy groups -OCH3 is 1. The SMILES string of the molecule is COc1ccc(COC2CCC(Oc3ccc(CCCC(C)=O)c(-c4cccc(F)c4)c3)CC2)cc1. The first-order valence-corrected chi connectivity index (χ1v) is 12.8. The highest BCUT2D eigenvalue weighted by atomic mass is 19.1. The van der Waals surface area contributed by atoms with Crippen LogP contribution in [0.4, 0.5) is 4.39 Å². The topological polar surface area (TPSA) is 44.8 Å². The van der Waals surface area contributed by atoms with E-state index in [0.717, 1.165) is 72.3 Å². The van der Waals surface area contributed by atoms with Gasteiger partial charge < -0.3 is 19.0 Å². The summed E-state index contributed by atoms with van der Waals surface area (Å²) in [6, 6.07) is 20.7. The minimum absolute atomic E-state index is 0.134. The van der Waals surface area contributed by atoms with Crippen molar-refractivity contribution in [3.05, 3.63) is 83.7 Å². The Kier molecular flexibility index (Phi) is 9.12. The van der Waals surface area contributed by atoms with Crippen LogP contribution in [0, 0.1) is 5.82 Å². The first kappa shape index (κ1) is 25.9. The number of ether oxygens (including phenoxy) is 3. The lowest BCUT2D eigenvalue weighted by molar-refractivity contribution is -0.117. The summed E-state index contributed by atoms with van der Waals surface area (Å²) in [4.78, 5) is 11.4. The second kappa shape index (κ2) is 12.7. The summed E-state index contributed by atoms with van der Waals surface area (Å²) < 4.78 is 31.7. The molecular formula is C31H35FO4. The van der Waals surface area contributed by atoms with Crippen molar-refractivity contribution in [1.82, 2.24) is 0 Å². The molecule has 36 heavy (non-hydrogen) atoms. The van der Waals surface area contributed by atoms with Crippen LogP contribution in [0.25, 0.3) is 11.1 Å². The molecule has 0 aliphatic heterocycles. The zero-order chi connectivity index (χ0) is 25.3. The molecule has 3 aromatic rings. The monoisotopic (exact) mass is 490 g/mol. The Morgan fingerprint density at radius 1 is 0.917 bits per heavy atom. The Bertz CT molecular complexity index is 1130. The van der Waals surface area contributed by atoms with E-state index in [0.29, 0.717) is 13.0 Å². The maximum absolute atomic E-state index is 14.0. The van der Waals surface area contributed by atoms with Crippen LogP contribution in [0.5, 0.6) is 11.5 Å². The Labute approximate surface area is 213 Å². The molecule has 0 spiro atoms. The van der Waals surface area contributed by atoms with Crippen LogP contribution in [0.3, 0.4) is 0 Å². The summed E-state index contributed by atoms with van der Waals surface area (Å²) in [5, 5.41) is 0. The van der Waals surface area contributed by atoms with E-state index in [1.54, 1.807) is 26.2 Å². The molecule has 1 saturated carbocycles. The van der Waals surface area contributed by atoms with E-state index in [2.05, 4.69) is 6.07 Å². The van der Waals surface area contributed by atoms with Gasteiger partial charge in [-0.05, 0) is 104 Å². The van der Waals surface area contributed by atoms with Gasteiger partial charge in [-0.2, -0.15) is 0 Å². The van der Waals surface area contributed by atoms with E-state index in [-0.39, 0.29) is 23.8 Å². The van der Waals surface area contributed by atoms with Crippen LogP contribution in [0.1, 0.15) is 56.6 Å². The minimum atomic E-state index is -0.263. The Morgan fingerprint density at radius 3 is 2.33 bits per heavy atom. The standard InChI is InChI=1S/C31H35FO4/c1-22(33)5-3-6-24-11-14-30(20-31(24)25-7-4-8-26(32)19-25)36-29-17-15-28(16-18-29)35-21-23-9-12-27(34-2)13-10-23/h4,7-14,19-20,28-29H,3,5-6,15-18,21H2,1-2H3. The van der Waals surface area contributed by atoms with E-state index >= 15 is 0 Å². The van der Waals surface area contributed by atoms with E-state index in [1.165, 1.54) is 6.07 Å². The Morgan fingerprint density at radius 2 is 1.64 bits per heavy atom. The number of hydrogen-bond acceptors (Lipinski definition) is 4. The van der Waals surface area contributed by atoms with Crippen molar-refractivity contribution in [3.63, 3.8) is 0 Å². The highest BCUT2D eigenvalue weighted by Crippen LogP contribution is 2.32. The van der Waals surface area contributed by atoms with E-state index in [9.17, 15) is 9.18 Å². The second-order valence-electron chi connectivity index (χ2n) is 9.56. The van der Waals surface area contributed by atoms with E-state index in [1.807, 2.05) is 42.5 Å². The lowest BCUT2D eigenvalue weighted by Crippen LogP contribution is -2.28. The van der Waals surface area contributed by atoms with Gasteiger partial charge in [0.1, 0.15) is 23.1 Å². The number of rotatable bonds is 11. The fourth-order valence-electron chi connectivity index (χ4n) is 4.74. The van der Waals surface area contributed by atoms with Gasteiger partial charge in [0.15, 0.2) is 0 Å². The summed E-state index contributed by atoms with van der Waals surface area (Å²) in [5.74, 6) is 1.57. The predicted octanol–water partition coefficient (Wildman–Crippen LogP) is 7.32. The highest BCUT2D eigenvalue weighted by Gasteiger charge is 2.23. The molecule has 0 radical (unpaired) electrons. The number of halogens is 1. The average molecular weight is 491 g/mol. The first-order chi connectivity index (χ1) is 17.5. The lowest BCUT2D eigenvalue weighted by atomic mass is 9.94. The van der Waals surface area contributed by atoms with Crippen molar-refractivity contribution in [2.45, 2.75) is 70.7 Å². The zero-order valence-electron chi connectivity index (χ0n) is 21.2. The van der Waals surface area contributed by atoms with Gasteiger partial charge in [0, 0.05) is 6.42 Å². The molecule has 0 N–H and O–H groups in total. The average Bonchev–Trinajstić information content (AvgIpc) is 2.89. The quantitative estimate of drug-likeness (QED) is 0.282. The van der Waals surface area contributed by atoms with Gasteiger partial charge in [-0.15, -0.1) is 0 Å². The molecule has 4 nitrogen and oxygen atoms in total. The molecule has 3 aromatic carbocycles. The zero-order valence-corrected chi connectivity index (χ0v) is 21.2. The number of hydrogen-bond donors (Lipinski definition) is 0. The molecule has 5 heteroatoms. The van der Waals surface area contributed by atoms with Crippen molar-refractivity contribution < 1.29 is 23.4 Å². The van der Waals surface area contributed by atoms with Gasteiger partial charge in [0.25, 0.3) is 0 Å². The molecule has 0 heterocycles. The molecule has 4 rings (SSSR count). The number of carbonyl (C=O) groups excluding carboxylic acids is 1. The van der Waals surface area contributed by atoms with Crippen molar-refractivity contribution in [2.24, 2.45) is 0 Å². The van der Waals surface area contributed by atoms with Crippen LogP contribution in [0.2, 0.25) is 0 Å². The molecule has 0 saturated heterocycles. The van der Waals surface area contributed by atoms with Crippen LogP contribution in [0.15, 0.2) is 66.7 Å². The largest absolute Gasteiger partial charge is 0.497 e. The third-order valence-electron chi connectivity index (χ3n) is 6.76. The van der Waals surface area contributed by atoms with Gasteiger partial charge in [-0.3, -0.25) is 0 Å². The van der Waals surface area contributed by atoms with E-state index in [4.69, 9.17) is 14.2 Å². The third-order valence-corrected chi connectivity index (χ3v) is 6.76. The highest BCUT2D eigenvalue weighted by molar-refractivity contribution is 5.75. The third kappa shape index (κ3) is 7.41. The molecule has 0 aromatic heterocycles. The second-order valence-corrected chi connectivity index (χ2v) is 9.56. The molecular weight excluding hydrogens is 455 g/mol. The van der Waals surface area contributed by atoms with Gasteiger partial charge in [-0.25, -0.2) is 4.39 Å².